The van der Waals surface area contributed by atoms with Gasteiger partial charge in [0.05, 0.1) is 12.2 Å². The maximum Gasteiger partial charge on any atom is 0.415 e. The van der Waals surface area contributed by atoms with Crippen LogP contribution in [-0.2, 0) is 9.53 Å². The van der Waals surface area contributed by atoms with E-state index in [1.165, 1.54) is 6.92 Å². The second kappa shape index (κ2) is 9.33. The van der Waals surface area contributed by atoms with Crippen molar-refractivity contribution in [2.75, 3.05) is 49.1 Å². The van der Waals surface area contributed by atoms with Crippen molar-refractivity contribution in [2.45, 2.75) is 19.1 Å². The molecule has 32 heavy (non-hydrogen) atoms. The molecule has 5 rings (SSSR count). The summed E-state index contributed by atoms with van der Waals surface area (Å²) in [6.45, 7) is 5.86. The fourth-order valence-electron chi connectivity index (χ4n) is 4.27. The quantitative estimate of drug-likeness (QED) is 0.658. The average molecular weight is 504 g/mol. The third-order valence-corrected chi connectivity index (χ3v) is 5.91. The Balaban J connectivity index is 0.00000245. The van der Waals surface area contributed by atoms with Gasteiger partial charge in [0, 0.05) is 44.9 Å². The fourth-order valence-corrected chi connectivity index (χ4v) is 4.27. The summed E-state index contributed by atoms with van der Waals surface area (Å²) in [5.74, 6) is 1.46. The van der Waals surface area contributed by atoms with Crippen molar-refractivity contribution in [3.05, 3.63) is 36.5 Å². The van der Waals surface area contributed by atoms with E-state index in [2.05, 4.69) is 26.6 Å². The molecule has 0 saturated carbocycles. The number of nitrogens with zero attached hydrogens (tertiary/aromatic N) is 3. The van der Waals surface area contributed by atoms with E-state index in [0.29, 0.717) is 18.0 Å². The number of carbonyl (C=O) groups excluding carboxylic acids is 2. The van der Waals surface area contributed by atoms with E-state index < -0.39 is 12.2 Å². The first kappa shape index (κ1) is 22.3. The van der Waals surface area contributed by atoms with Gasteiger partial charge in [-0.1, -0.05) is 6.07 Å². The van der Waals surface area contributed by atoms with Crippen LogP contribution >= 0.6 is 17.0 Å². The monoisotopic (exact) mass is 503 g/mol. The number of pyridine rings is 1. The summed E-state index contributed by atoms with van der Waals surface area (Å²) < 4.78 is 11.5. The zero-order valence-electron chi connectivity index (χ0n) is 17.7. The third-order valence-electron chi connectivity index (χ3n) is 5.91. The highest BCUT2D eigenvalue weighted by atomic mass is 79.9. The molecule has 0 radical (unpaired) electrons. The summed E-state index contributed by atoms with van der Waals surface area (Å²) in [7, 11) is 0. The second-order valence-corrected chi connectivity index (χ2v) is 7.93. The number of cyclic esters (lactones) is 1. The van der Waals surface area contributed by atoms with E-state index in [4.69, 9.17) is 9.47 Å². The smallest absolute Gasteiger partial charge is 0.415 e. The number of ether oxygens (including phenoxy) is 2. The van der Waals surface area contributed by atoms with E-state index in [1.807, 2.05) is 30.5 Å². The van der Waals surface area contributed by atoms with E-state index in [9.17, 15) is 9.59 Å². The number of aromatic nitrogens is 1. The molecule has 3 aliphatic heterocycles. The van der Waals surface area contributed by atoms with Gasteiger partial charge in [-0.25, -0.2) is 9.78 Å². The van der Waals surface area contributed by atoms with Crippen molar-refractivity contribution >= 4 is 40.5 Å². The molecule has 0 aliphatic carbocycles. The van der Waals surface area contributed by atoms with Crippen molar-refractivity contribution in [2.24, 2.45) is 0 Å². The van der Waals surface area contributed by atoms with Crippen LogP contribution < -0.4 is 25.2 Å². The van der Waals surface area contributed by atoms with Gasteiger partial charge in [0.15, 0.2) is 0 Å². The summed E-state index contributed by atoms with van der Waals surface area (Å²) in [5, 5.41) is 6.06. The van der Waals surface area contributed by atoms with E-state index >= 15 is 0 Å². The second-order valence-electron chi connectivity index (χ2n) is 7.93. The lowest BCUT2D eigenvalue weighted by Crippen LogP contribution is -2.47. The van der Waals surface area contributed by atoms with Gasteiger partial charge >= 0.3 is 6.09 Å². The molecule has 2 fully saturated rings. The lowest BCUT2D eigenvalue weighted by molar-refractivity contribution is -0.119. The molecule has 1 aromatic carbocycles. The Bertz CT molecular complexity index is 996. The molecule has 2 saturated heterocycles. The number of hydrogen-bond donors (Lipinski definition) is 2. The molecule has 0 unspecified atom stereocenters. The molecule has 0 spiro atoms. The number of carbonyl (C=O) groups is 2. The number of nitrogens with one attached hydrogen (secondary N) is 2. The molecule has 170 valence electrons. The molecular weight excluding hydrogens is 478 g/mol. The van der Waals surface area contributed by atoms with Gasteiger partial charge in [-0.2, -0.15) is 0 Å². The molecule has 2 N–H and O–H groups in total. The third kappa shape index (κ3) is 4.24. The molecule has 4 heterocycles. The Hall–Kier alpha value is -2.85. The van der Waals surface area contributed by atoms with E-state index in [-0.39, 0.29) is 35.5 Å². The number of anilines is 2. The van der Waals surface area contributed by atoms with Crippen LogP contribution in [0.4, 0.5) is 16.3 Å². The molecule has 9 nitrogen and oxygen atoms in total. The van der Waals surface area contributed by atoms with Crippen LogP contribution in [0.3, 0.4) is 0 Å². The van der Waals surface area contributed by atoms with Crippen LogP contribution in [0.2, 0.25) is 0 Å². The normalized spacial score (nSPS) is 21.6. The molecule has 2 amide bonds. The highest BCUT2D eigenvalue weighted by Crippen LogP contribution is 2.41. The lowest BCUT2D eigenvalue weighted by Gasteiger charge is -2.31. The van der Waals surface area contributed by atoms with Crippen LogP contribution in [0.5, 0.6) is 5.75 Å². The van der Waals surface area contributed by atoms with Gasteiger partial charge in [-0.05, 0) is 29.8 Å². The minimum atomic E-state index is -0.439. The standard InChI is InChI=1S/C22H25N5O4.BrH/c1-14(28)24-12-20-18-13-30-19-10-15(2-4-17(19)27(18)22(29)31-20)16-3-5-21(25-11-16)26-8-6-23-7-9-26;/h2-5,10-11,18,20,23H,6-9,12-13H2,1H3,(H,24,28);1H/t18-,20-;/m0./s1. The summed E-state index contributed by atoms with van der Waals surface area (Å²) in [4.78, 5) is 32.2. The highest BCUT2D eigenvalue weighted by Gasteiger charge is 2.46. The number of benzene rings is 1. The van der Waals surface area contributed by atoms with Crippen LogP contribution in [0.15, 0.2) is 36.5 Å². The van der Waals surface area contributed by atoms with E-state index in [0.717, 1.165) is 43.1 Å². The number of halogens is 1. The topological polar surface area (TPSA) is 96.0 Å². The van der Waals surface area contributed by atoms with E-state index in [1.54, 1.807) is 4.90 Å². The molecule has 0 bridgehead atoms. The maximum absolute atomic E-state index is 12.5. The fraction of sp³-hybridized carbons (Fsp3) is 0.409. The Morgan fingerprint density at radius 3 is 2.72 bits per heavy atom. The van der Waals surface area contributed by atoms with Gasteiger partial charge in [0.2, 0.25) is 5.91 Å². The van der Waals surface area contributed by atoms with Crippen molar-refractivity contribution in [3.63, 3.8) is 0 Å². The zero-order chi connectivity index (χ0) is 21.4. The van der Waals surface area contributed by atoms with Gasteiger partial charge in [0.25, 0.3) is 0 Å². The molecular formula is C22H26BrN5O4. The van der Waals surface area contributed by atoms with Crippen LogP contribution in [0.25, 0.3) is 11.1 Å². The minimum Gasteiger partial charge on any atom is -0.489 e. The Labute approximate surface area is 196 Å². The summed E-state index contributed by atoms with van der Waals surface area (Å²) in [5.41, 5.74) is 2.64. The molecule has 2 atom stereocenters. The first-order valence-corrected chi connectivity index (χ1v) is 10.5. The van der Waals surface area contributed by atoms with Gasteiger partial charge in [-0.15, -0.1) is 17.0 Å². The van der Waals surface area contributed by atoms with Gasteiger partial charge in [0.1, 0.15) is 30.3 Å². The van der Waals surface area contributed by atoms with Crippen LogP contribution in [0.1, 0.15) is 6.92 Å². The Kier molecular flexibility index (Phi) is 6.52. The lowest BCUT2D eigenvalue weighted by atomic mass is 10.0. The first-order chi connectivity index (χ1) is 15.1. The van der Waals surface area contributed by atoms with Crippen molar-refractivity contribution < 1.29 is 19.1 Å². The largest absolute Gasteiger partial charge is 0.489 e. The number of fused-ring (bicyclic) bond motifs is 3. The molecule has 10 heteroatoms. The predicted octanol–water partition coefficient (Wildman–Crippen LogP) is 1.96. The number of rotatable bonds is 4. The Morgan fingerprint density at radius 1 is 1.22 bits per heavy atom. The number of amides is 2. The zero-order valence-corrected chi connectivity index (χ0v) is 19.5. The number of piperazine rings is 1. The summed E-state index contributed by atoms with van der Waals surface area (Å²) >= 11 is 0. The number of hydrogen-bond acceptors (Lipinski definition) is 7. The minimum absolute atomic E-state index is 0. The van der Waals surface area contributed by atoms with Crippen molar-refractivity contribution in [1.29, 1.82) is 0 Å². The highest BCUT2D eigenvalue weighted by molar-refractivity contribution is 8.93. The SMILES string of the molecule is Br.CC(=O)NC[C@@H]1OC(=O)N2c3ccc(-c4ccc(N5CCNCC5)nc4)cc3OC[C@@H]12. The maximum atomic E-state index is 12.5. The predicted molar refractivity (Wildman–Crippen MR) is 126 cm³/mol. The first-order valence-electron chi connectivity index (χ1n) is 10.5. The summed E-state index contributed by atoms with van der Waals surface area (Å²) in [6, 6.07) is 9.61. The Morgan fingerprint density at radius 2 is 2.00 bits per heavy atom. The molecule has 3 aliphatic rings. The van der Waals surface area contributed by atoms with Crippen LogP contribution in [-0.4, -0.2) is 68.5 Å². The van der Waals surface area contributed by atoms with Crippen LogP contribution in [0, 0.1) is 0 Å². The summed E-state index contributed by atoms with van der Waals surface area (Å²) in [6.07, 6.45) is 1.02. The molecule has 1 aromatic heterocycles. The van der Waals surface area contributed by atoms with Gasteiger partial charge < -0.3 is 25.0 Å². The van der Waals surface area contributed by atoms with Crippen molar-refractivity contribution in [3.8, 4) is 16.9 Å². The van der Waals surface area contributed by atoms with Crippen molar-refractivity contribution in [1.82, 2.24) is 15.6 Å². The average Bonchev–Trinajstić information content (AvgIpc) is 3.14. The van der Waals surface area contributed by atoms with Gasteiger partial charge in [-0.3, -0.25) is 9.69 Å². The molecule has 2 aromatic rings.